The quantitative estimate of drug-likeness (QED) is 0.541. The Morgan fingerprint density at radius 3 is 1.81 bits per heavy atom. The number of hydrogen-bond donors (Lipinski definition) is 0. The fourth-order valence-corrected chi connectivity index (χ4v) is 4.54. The van der Waals surface area contributed by atoms with Gasteiger partial charge in [0.2, 0.25) is 0 Å². The van der Waals surface area contributed by atoms with Gasteiger partial charge in [-0.3, -0.25) is 0 Å². The second kappa shape index (κ2) is 9.18. The molecule has 1 aliphatic heterocycles. The van der Waals surface area contributed by atoms with Crippen molar-refractivity contribution in [3.8, 4) is 0 Å². The molecule has 0 bridgehead atoms. The van der Waals surface area contributed by atoms with E-state index in [-0.39, 0.29) is 0 Å². The fraction of sp³-hybridized carbons (Fsp3) is 1.00. The van der Waals surface area contributed by atoms with E-state index in [0.717, 1.165) is 23.7 Å². The predicted octanol–water partition coefficient (Wildman–Crippen LogP) is 5.74. The molecular formula is C20H39N. The molecule has 1 saturated carbocycles. The van der Waals surface area contributed by atoms with Gasteiger partial charge in [-0.1, -0.05) is 58.8 Å². The zero-order valence-electron chi connectivity index (χ0n) is 14.9. The minimum atomic E-state index is 0.917. The summed E-state index contributed by atoms with van der Waals surface area (Å²) in [5.74, 6) is 4.07. The van der Waals surface area contributed by atoms with Crippen LogP contribution in [0.3, 0.4) is 0 Å². The molecule has 21 heavy (non-hydrogen) atoms. The van der Waals surface area contributed by atoms with E-state index in [4.69, 9.17) is 0 Å². The monoisotopic (exact) mass is 293 g/mol. The Kier molecular flexibility index (Phi) is 7.57. The Labute approximate surface area is 133 Å². The van der Waals surface area contributed by atoms with Gasteiger partial charge in [-0.25, -0.2) is 0 Å². The minimum Gasteiger partial charge on any atom is -0.306 e. The summed E-state index contributed by atoms with van der Waals surface area (Å²) in [5, 5.41) is 0. The number of nitrogens with zero attached hydrogens (tertiary/aromatic N) is 1. The number of piperidine rings is 1. The van der Waals surface area contributed by atoms with Gasteiger partial charge in [-0.2, -0.15) is 0 Å². The molecule has 0 atom stereocenters. The van der Waals surface area contributed by atoms with Crippen LogP contribution in [0, 0.1) is 23.7 Å². The normalized spacial score (nSPS) is 29.1. The third kappa shape index (κ3) is 6.30. The lowest BCUT2D eigenvalue weighted by atomic mass is 9.75. The average Bonchev–Trinajstić information content (AvgIpc) is 2.49. The molecule has 0 aromatic heterocycles. The maximum atomic E-state index is 2.49. The summed E-state index contributed by atoms with van der Waals surface area (Å²) < 4.78 is 0. The van der Waals surface area contributed by atoms with Gasteiger partial charge in [0.15, 0.2) is 0 Å². The lowest BCUT2D eigenvalue weighted by molar-refractivity contribution is 0.205. The first-order valence-corrected chi connectivity index (χ1v) is 9.83. The smallest absolute Gasteiger partial charge is 0.00191 e. The van der Waals surface area contributed by atoms with Crippen LogP contribution in [0.15, 0.2) is 0 Å². The first-order valence-electron chi connectivity index (χ1n) is 9.83. The van der Waals surface area contributed by atoms with Crippen molar-refractivity contribution in [2.45, 2.75) is 84.5 Å². The molecule has 0 amide bonds. The maximum Gasteiger partial charge on any atom is -0.00191 e. The third-order valence-corrected chi connectivity index (χ3v) is 6.40. The average molecular weight is 294 g/mol. The molecule has 2 aliphatic rings. The first-order chi connectivity index (χ1) is 10.1. The summed E-state index contributed by atoms with van der Waals surface area (Å²) >= 11 is 0. The molecule has 1 saturated heterocycles. The van der Waals surface area contributed by atoms with E-state index in [2.05, 4.69) is 25.8 Å². The van der Waals surface area contributed by atoms with Gasteiger partial charge >= 0.3 is 0 Å². The van der Waals surface area contributed by atoms with Crippen LogP contribution < -0.4 is 0 Å². The molecule has 0 aromatic carbocycles. The van der Waals surface area contributed by atoms with Crippen LogP contribution in [0.2, 0.25) is 0 Å². The Morgan fingerprint density at radius 1 is 0.762 bits per heavy atom. The van der Waals surface area contributed by atoms with E-state index >= 15 is 0 Å². The number of rotatable bonds is 7. The largest absolute Gasteiger partial charge is 0.306 e. The molecule has 0 radical (unpaired) electrons. The van der Waals surface area contributed by atoms with Crippen molar-refractivity contribution in [2.24, 2.45) is 23.7 Å². The standard InChI is InChI=1S/C20H39N/c1-17(2)20-11-9-18(10-12-20)7-5-4-6-8-19-13-15-21(3)16-14-19/h17-20H,4-16H2,1-3H3. The minimum absolute atomic E-state index is 0.917. The summed E-state index contributed by atoms with van der Waals surface area (Å²) in [5.41, 5.74) is 0. The van der Waals surface area contributed by atoms with Gasteiger partial charge in [-0.15, -0.1) is 0 Å². The highest BCUT2D eigenvalue weighted by molar-refractivity contribution is 4.75. The zero-order chi connectivity index (χ0) is 15.1. The van der Waals surface area contributed by atoms with Gasteiger partial charge in [0, 0.05) is 0 Å². The second-order valence-corrected chi connectivity index (χ2v) is 8.41. The van der Waals surface area contributed by atoms with Crippen LogP contribution in [0.1, 0.15) is 84.5 Å². The van der Waals surface area contributed by atoms with Crippen molar-refractivity contribution in [1.29, 1.82) is 0 Å². The molecule has 2 rings (SSSR count). The van der Waals surface area contributed by atoms with Gasteiger partial charge in [0.25, 0.3) is 0 Å². The van der Waals surface area contributed by atoms with E-state index < -0.39 is 0 Å². The van der Waals surface area contributed by atoms with Crippen molar-refractivity contribution >= 4 is 0 Å². The second-order valence-electron chi connectivity index (χ2n) is 8.41. The van der Waals surface area contributed by atoms with Crippen LogP contribution in [-0.2, 0) is 0 Å². The van der Waals surface area contributed by atoms with E-state index in [9.17, 15) is 0 Å². The van der Waals surface area contributed by atoms with Crippen molar-refractivity contribution in [1.82, 2.24) is 4.90 Å². The van der Waals surface area contributed by atoms with Crippen molar-refractivity contribution in [3.63, 3.8) is 0 Å². The molecule has 1 aliphatic carbocycles. The van der Waals surface area contributed by atoms with Gasteiger partial charge in [0.05, 0.1) is 0 Å². The van der Waals surface area contributed by atoms with Crippen molar-refractivity contribution in [3.05, 3.63) is 0 Å². The van der Waals surface area contributed by atoms with E-state index in [1.54, 1.807) is 0 Å². The summed E-state index contributed by atoms with van der Waals surface area (Å²) in [4.78, 5) is 2.49. The van der Waals surface area contributed by atoms with Gasteiger partial charge in [0.1, 0.15) is 0 Å². The topological polar surface area (TPSA) is 3.24 Å². The Balaban J connectivity index is 1.45. The number of unbranched alkanes of at least 4 members (excludes halogenated alkanes) is 2. The highest BCUT2D eigenvalue weighted by atomic mass is 15.1. The van der Waals surface area contributed by atoms with E-state index in [0.29, 0.717) is 0 Å². The van der Waals surface area contributed by atoms with Crippen molar-refractivity contribution in [2.75, 3.05) is 20.1 Å². The zero-order valence-corrected chi connectivity index (χ0v) is 14.9. The Hall–Kier alpha value is -0.0400. The third-order valence-electron chi connectivity index (χ3n) is 6.40. The summed E-state index contributed by atoms with van der Waals surface area (Å²) in [6.45, 7) is 7.50. The summed E-state index contributed by atoms with van der Waals surface area (Å²) in [7, 11) is 2.27. The van der Waals surface area contributed by atoms with Crippen LogP contribution in [0.25, 0.3) is 0 Å². The Morgan fingerprint density at radius 2 is 1.29 bits per heavy atom. The summed E-state index contributed by atoms with van der Waals surface area (Å²) in [6.07, 6.45) is 16.5. The molecule has 0 unspecified atom stereocenters. The molecule has 1 nitrogen and oxygen atoms in total. The van der Waals surface area contributed by atoms with Crippen LogP contribution >= 0.6 is 0 Å². The van der Waals surface area contributed by atoms with Crippen LogP contribution in [-0.4, -0.2) is 25.0 Å². The first kappa shape index (κ1) is 17.3. The fourth-order valence-electron chi connectivity index (χ4n) is 4.54. The van der Waals surface area contributed by atoms with Gasteiger partial charge < -0.3 is 4.90 Å². The lowest BCUT2D eigenvalue weighted by Gasteiger charge is -2.31. The SMILES string of the molecule is CC(C)C1CCC(CCCCCC2CCN(C)CC2)CC1. The predicted molar refractivity (Wildman–Crippen MR) is 93.6 cm³/mol. The number of hydrogen-bond acceptors (Lipinski definition) is 1. The summed E-state index contributed by atoms with van der Waals surface area (Å²) in [6, 6.07) is 0. The molecule has 2 fully saturated rings. The molecule has 1 heteroatoms. The van der Waals surface area contributed by atoms with Crippen LogP contribution in [0.5, 0.6) is 0 Å². The molecule has 0 aromatic rings. The molecule has 0 spiro atoms. The van der Waals surface area contributed by atoms with E-state index in [1.165, 1.54) is 83.7 Å². The van der Waals surface area contributed by atoms with Gasteiger partial charge in [-0.05, 0) is 69.5 Å². The van der Waals surface area contributed by atoms with Crippen LogP contribution in [0.4, 0.5) is 0 Å². The lowest BCUT2D eigenvalue weighted by Crippen LogP contribution is -2.30. The van der Waals surface area contributed by atoms with Crippen molar-refractivity contribution < 1.29 is 0 Å². The molecule has 1 heterocycles. The number of likely N-dealkylation sites (tertiary alicyclic amines) is 1. The maximum absolute atomic E-state index is 2.49. The molecular weight excluding hydrogens is 254 g/mol. The Bertz CT molecular complexity index is 257. The van der Waals surface area contributed by atoms with E-state index in [1.807, 2.05) is 0 Å². The highest BCUT2D eigenvalue weighted by Crippen LogP contribution is 2.35. The highest BCUT2D eigenvalue weighted by Gasteiger charge is 2.22. The molecule has 0 N–H and O–H groups in total. The molecule has 124 valence electrons.